The van der Waals surface area contributed by atoms with Gasteiger partial charge >= 0.3 is 5.97 Å². The molecule has 0 unspecified atom stereocenters. The molecule has 108 valence electrons. The minimum Gasteiger partial charge on any atom is -0.466 e. The highest BCUT2D eigenvalue weighted by molar-refractivity contribution is 5.69. The molecule has 0 aromatic rings. The van der Waals surface area contributed by atoms with E-state index in [1.54, 1.807) is 0 Å². The highest BCUT2D eigenvalue weighted by Crippen LogP contribution is 2.35. The summed E-state index contributed by atoms with van der Waals surface area (Å²) in [5, 5.41) is 0. The van der Waals surface area contributed by atoms with Gasteiger partial charge in [0.25, 0.3) is 0 Å². The maximum Gasteiger partial charge on any atom is 0.305 e. The molecule has 0 atom stereocenters. The molecule has 0 bridgehead atoms. The summed E-state index contributed by atoms with van der Waals surface area (Å²) in [6.07, 6.45) is 9.79. The Morgan fingerprint density at radius 2 is 1.56 bits per heavy atom. The highest BCUT2D eigenvalue weighted by Gasteiger charge is 2.22. The lowest BCUT2D eigenvalue weighted by atomic mass is 9.76. The minimum atomic E-state index is -0.0152. The lowest BCUT2D eigenvalue weighted by molar-refractivity contribution is -0.143. The number of carbonyl (C=O) groups excluding carboxylic acids is 1. The van der Waals surface area contributed by atoms with E-state index in [1.165, 1.54) is 25.7 Å². The third-order valence-electron chi connectivity index (χ3n) is 4.35. The second kappa shape index (κ2) is 10.4. The van der Waals surface area contributed by atoms with Crippen LogP contribution >= 0.6 is 0 Å². The van der Waals surface area contributed by atoms with Gasteiger partial charge in [0.2, 0.25) is 0 Å². The van der Waals surface area contributed by atoms with Crippen LogP contribution in [0.5, 0.6) is 0 Å². The lowest BCUT2D eigenvalue weighted by Gasteiger charge is -2.30. The van der Waals surface area contributed by atoms with Crippen LogP contribution in [0, 0.1) is 5.41 Å². The predicted molar refractivity (Wildman–Crippen MR) is 77.6 cm³/mol. The summed E-state index contributed by atoms with van der Waals surface area (Å²) < 4.78 is 5.15. The van der Waals surface area contributed by atoms with Crippen molar-refractivity contribution in [3.05, 3.63) is 0 Å². The molecule has 0 spiro atoms. The summed E-state index contributed by atoms with van der Waals surface area (Å²) in [7, 11) is 0. The number of rotatable bonds is 11. The van der Waals surface area contributed by atoms with Crippen LogP contribution in [0.1, 0.15) is 85.5 Å². The van der Waals surface area contributed by atoms with E-state index in [2.05, 4.69) is 27.7 Å². The molecule has 0 N–H and O–H groups in total. The molecular weight excluding hydrogens is 224 g/mol. The van der Waals surface area contributed by atoms with Gasteiger partial charge in [-0.1, -0.05) is 59.8 Å². The van der Waals surface area contributed by atoms with Gasteiger partial charge in [-0.3, -0.25) is 4.79 Å². The standard InChI is InChI=1S/C16H32O2/c1-5-9-14-18-15(17)12-10-11-13-16(6-2,7-3)8-4/h5-14H2,1-4H3. The Hall–Kier alpha value is -0.530. The van der Waals surface area contributed by atoms with Gasteiger partial charge in [-0.05, 0) is 24.7 Å². The van der Waals surface area contributed by atoms with Crippen molar-refractivity contribution >= 4 is 5.97 Å². The van der Waals surface area contributed by atoms with E-state index < -0.39 is 0 Å². The molecule has 2 heteroatoms. The van der Waals surface area contributed by atoms with Crippen LogP contribution in [0.25, 0.3) is 0 Å². The van der Waals surface area contributed by atoms with Crippen molar-refractivity contribution in [2.24, 2.45) is 5.41 Å². The monoisotopic (exact) mass is 256 g/mol. The van der Waals surface area contributed by atoms with E-state index in [4.69, 9.17) is 4.74 Å². The molecule has 0 saturated carbocycles. The fourth-order valence-electron chi connectivity index (χ4n) is 2.45. The van der Waals surface area contributed by atoms with Crippen molar-refractivity contribution in [1.29, 1.82) is 0 Å². The van der Waals surface area contributed by atoms with Crippen molar-refractivity contribution in [2.45, 2.75) is 85.5 Å². The number of ether oxygens (including phenoxy) is 1. The maximum atomic E-state index is 11.4. The van der Waals surface area contributed by atoms with Crippen LogP contribution in [0.2, 0.25) is 0 Å². The summed E-state index contributed by atoms with van der Waals surface area (Å²) in [6, 6.07) is 0. The van der Waals surface area contributed by atoms with Crippen molar-refractivity contribution in [3.8, 4) is 0 Å². The van der Waals surface area contributed by atoms with Crippen molar-refractivity contribution in [3.63, 3.8) is 0 Å². The Morgan fingerprint density at radius 1 is 0.944 bits per heavy atom. The van der Waals surface area contributed by atoms with Crippen LogP contribution in [-0.4, -0.2) is 12.6 Å². The zero-order chi connectivity index (χ0) is 13.9. The molecule has 18 heavy (non-hydrogen) atoms. The molecule has 0 radical (unpaired) electrons. The zero-order valence-electron chi connectivity index (χ0n) is 12.9. The Balaban J connectivity index is 3.68. The van der Waals surface area contributed by atoms with Crippen LogP contribution in [-0.2, 0) is 9.53 Å². The van der Waals surface area contributed by atoms with E-state index in [-0.39, 0.29) is 5.97 Å². The summed E-state index contributed by atoms with van der Waals surface area (Å²) in [6.45, 7) is 9.55. The van der Waals surface area contributed by atoms with E-state index in [9.17, 15) is 4.79 Å². The zero-order valence-corrected chi connectivity index (χ0v) is 12.9. The van der Waals surface area contributed by atoms with Crippen LogP contribution in [0.15, 0.2) is 0 Å². The Labute approximate surface area is 113 Å². The number of hydrogen-bond donors (Lipinski definition) is 0. The largest absolute Gasteiger partial charge is 0.466 e. The molecule has 0 fully saturated rings. The minimum absolute atomic E-state index is 0.0152. The Kier molecular flexibility index (Phi) is 10.1. The van der Waals surface area contributed by atoms with Gasteiger partial charge in [-0.2, -0.15) is 0 Å². The van der Waals surface area contributed by atoms with Gasteiger partial charge in [0.15, 0.2) is 0 Å². The second-order valence-corrected chi connectivity index (χ2v) is 5.34. The van der Waals surface area contributed by atoms with Crippen LogP contribution in [0.4, 0.5) is 0 Å². The maximum absolute atomic E-state index is 11.4. The van der Waals surface area contributed by atoms with Gasteiger partial charge in [0.1, 0.15) is 0 Å². The normalized spacial score (nSPS) is 11.6. The topological polar surface area (TPSA) is 26.3 Å². The van der Waals surface area contributed by atoms with Crippen molar-refractivity contribution < 1.29 is 9.53 Å². The number of hydrogen-bond acceptors (Lipinski definition) is 2. The quantitative estimate of drug-likeness (QED) is 0.379. The SMILES string of the molecule is CCCCOC(=O)CCCCC(CC)(CC)CC. The molecule has 0 aliphatic carbocycles. The molecule has 0 heterocycles. The predicted octanol–water partition coefficient (Wildman–Crippen LogP) is 5.11. The molecule has 0 saturated heterocycles. The van der Waals surface area contributed by atoms with Gasteiger partial charge in [0.05, 0.1) is 6.61 Å². The average Bonchev–Trinajstić information content (AvgIpc) is 2.40. The number of esters is 1. The fourth-order valence-corrected chi connectivity index (χ4v) is 2.45. The smallest absolute Gasteiger partial charge is 0.305 e. The van der Waals surface area contributed by atoms with Gasteiger partial charge in [-0.15, -0.1) is 0 Å². The first-order chi connectivity index (χ1) is 8.64. The number of unbranched alkanes of at least 4 members (excludes halogenated alkanes) is 2. The summed E-state index contributed by atoms with van der Waals surface area (Å²) in [4.78, 5) is 11.4. The van der Waals surface area contributed by atoms with E-state index >= 15 is 0 Å². The van der Waals surface area contributed by atoms with Gasteiger partial charge in [-0.25, -0.2) is 0 Å². The Bertz CT molecular complexity index is 199. The highest BCUT2D eigenvalue weighted by atomic mass is 16.5. The summed E-state index contributed by atoms with van der Waals surface area (Å²) >= 11 is 0. The third kappa shape index (κ3) is 7.03. The molecule has 0 aromatic heterocycles. The molecule has 0 amide bonds. The second-order valence-electron chi connectivity index (χ2n) is 5.34. The molecule has 2 nitrogen and oxygen atoms in total. The van der Waals surface area contributed by atoms with Gasteiger partial charge in [0, 0.05) is 6.42 Å². The number of carbonyl (C=O) groups is 1. The van der Waals surface area contributed by atoms with Crippen molar-refractivity contribution in [2.75, 3.05) is 6.61 Å². The van der Waals surface area contributed by atoms with E-state index in [1.807, 2.05) is 0 Å². The summed E-state index contributed by atoms with van der Waals surface area (Å²) in [5.74, 6) is -0.0152. The third-order valence-corrected chi connectivity index (χ3v) is 4.35. The molecule has 0 rings (SSSR count). The van der Waals surface area contributed by atoms with Crippen LogP contribution < -0.4 is 0 Å². The first-order valence-electron chi connectivity index (χ1n) is 7.79. The van der Waals surface area contributed by atoms with Gasteiger partial charge < -0.3 is 4.74 Å². The molecule has 0 aromatic carbocycles. The first kappa shape index (κ1) is 17.5. The fraction of sp³-hybridized carbons (Fsp3) is 0.938. The lowest BCUT2D eigenvalue weighted by Crippen LogP contribution is -2.17. The molecular formula is C16H32O2. The van der Waals surface area contributed by atoms with Crippen LogP contribution in [0.3, 0.4) is 0 Å². The molecule has 0 aliphatic heterocycles. The van der Waals surface area contributed by atoms with E-state index in [0.29, 0.717) is 18.4 Å². The average molecular weight is 256 g/mol. The molecule has 0 aliphatic rings. The Morgan fingerprint density at radius 3 is 2.06 bits per heavy atom. The van der Waals surface area contributed by atoms with E-state index in [0.717, 1.165) is 25.7 Å². The summed E-state index contributed by atoms with van der Waals surface area (Å²) in [5.41, 5.74) is 0.506. The van der Waals surface area contributed by atoms with Crippen molar-refractivity contribution in [1.82, 2.24) is 0 Å². The first-order valence-corrected chi connectivity index (χ1v) is 7.79.